The first-order valence-electron chi connectivity index (χ1n) is 17.6. The van der Waals surface area contributed by atoms with Gasteiger partial charge in [0.05, 0.1) is 0 Å². The van der Waals surface area contributed by atoms with E-state index in [1.54, 1.807) is 17.1 Å². The van der Waals surface area contributed by atoms with Gasteiger partial charge in [-0.15, -0.1) is 11.8 Å². The van der Waals surface area contributed by atoms with Gasteiger partial charge < -0.3 is 6.92 Å². The van der Waals surface area contributed by atoms with E-state index in [1.807, 2.05) is 0 Å². The largest absolute Gasteiger partial charge is 0.343 e. The monoisotopic (exact) mass is 788 g/mol. The summed E-state index contributed by atoms with van der Waals surface area (Å²) in [5, 5.41) is 2.73. The molecule has 1 aliphatic heterocycles. The SMILES string of the molecule is C1CC[Si]C1.CCC[C-](C1C(CC)=Cc2c(-c3ccccc3)cccc21)C1C(CC)=Cc2c1ccc1ccccc21.[CH2-]CCC.[Hf]. The van der Waals surface area contributed by atoms with Crippen molar-refractivity contribution in [2.75, 3.05) is 0 Å². The summed E-state index contributed by atoms with van der Waals surface area (Å²) in [4.78, 5) is 0. The van der Waals surface area contributed by atoms with Crippen molar-refractivity contribution >= 4 is 32.4 Å². The summed E-state index contributed by atoms with van der Waals surface area (Å²) in [5.74, 6) is 2.49. The topological polar surface area (TPSA) is 0 Å². The number of allylic oxidation sites excluding steroid dienone is 2. The Balaban J connectivity index is 0.000000421. The standard InChI is InChI=1S/C36H35.C4H8Si.C4H9.Hf/c1-4-13-32(36-25(6-3)23-34-28-17-11-10-16-27(28)20-21-31(34)36)35-24(5-2)22-33-29(18-12-19-30(33)35)26-14-8-7-9-15-26;1-2-4-5-3-1;1-3-4-2;/h7-12,14-23,35-36H,4-6,13H2,1-3H3;1-4H2;1,3-4H2,2H3;/q-1;;-1;. The second kappa shape index (κ2) is 18.3. The third kappa shape index (κ3) is 8.04. The quantitative estimate of drug-likeness (QED) is 0.123. The maximum absolute atomic E-state index is 3.60. The zero-order valence-corrected chi connectivity index (χ0v) is 33.3. The van der Waals surface area contributed by atoms with Crippen molar-refractivity contribution in [3.8, 4) is 11.1 Å². The van der Waals surface area contributed by atoms with E-state index >= 15 is 0 Å². The molecule has 1 saturated heterocycles. The Morgan fingerprint density at radius 1 is 0.674 bits per heavy atom. The Morgan fingerprint density at radius 2 is 1.28 bits per heavy atom. The van der Waals surface area contributed by atoms with Crippen LogP contribution in [0.5, 0.6) is 0 Å². The first-order valence-corrected chi connectivity index (χ1v) is 19.0. The van der Waals surface area contributed by atoms with E-state index in [-0.39, 0.29) is 25.8 Å². The number of rotatable bonds is 8. The molecule has 0 N–H and O–H groups in total. The Hall–Kier alpha value is -2.29. The van der Waals surface area contributed by atoms with Gasteiger partial charge in [-0.2, -0.15) is 12.8 Å². The van der Waals surface area contributed by atoms with Gasteiger partial charge in [-0.3, -0.25) is 5.92 Å². The molecule has 0 saturated carbocycles. The number of fused-ring (bicyclic) bond motifs is 4. The molecule has 0 spiro atoms. The van der Waals surface area contributed by atoms with Crippen molar-refractivity contribution in [3.05, 3.63) is 131 Å². The summed E-state index contributed by atoms with van der Waals surface area (Å²) in [6.45, 7) is 12.7. The third-order valence-electron chi connectivity index (χ3n) is 9.66. The molecule has 1 fully saturated rings. The Bertz CT molecular complexity index is 1580. The predicted molar refractivity (Wildman–Crippen MR) is 201 cm³/mol. The van der Waals surface area contributed by atoms with E-state index < -0.39 is 0 Å². The van der Waals surface area contributed by atoms with Gasteiger partial charge in [0, 0.05) is 35.4 Å². The molecule has 2 aliphatic carbocycles. The predicted octanol–water partition coefficient (Wildman–Crippen LogP) is 13.3. The van der Waals surface area contributed by atoms with E-state index in [4.69, 9.17) is 0 Å². The summed E-state index contributed by atoms with van der Waals surface area (Å²) in [6, 6.07) is 34.6. The fourth-order valence-corrected chi connectivity index (χ4v) is 8.63. The van der Waals surface area contributed by atoms with Crippen LogP contribution in [-0.4, -0.2) is 9.52 Å². The van der Waals surface area contributed by atoms with Crippen LogP contribution in [0, 0.1) is 12.8 Å². The van der Waals surface area contributed by atoms with Crippen molar-refractivity contribution in [3.63, 3.8) is 0 Å². The van der Waals surface area contributed by atoms with Crippen LogP contribution in [0.3, 0.4) is 0 Å². The Kier molecular flexibility index (Phi) is 14.5. The van der Waals surface area contributed by atoms with Crippen molar-refractivity contribution in [2.45, 2.75) is 103 Å². The average molecular weight is 787 g/mol. The van der Waals surface area contributed by atoms with Gasteiger partial charge in [0.1, 0.15) is 0 Å². The summed E-state index contributed by atoms with van der Waals surface area (Å²) < 4.78 is 0. The molecule has 1 heterocycles. The van der Waals surface area contributed by atoms with Crippen molar-refractivity contribution in [1.82, 2.24) is 0 Å². The molecule has 0 aromatic heterocycles. The minimum Gasteiger partial charge on any atom is -0.343 e. The van der Waals surface area contributed by atoms with E-state index in [9.17, 15) is 0 Å². The van der Waals surface area contributed by atoms with Gasteiger partial charge in [-0.25, -0.2) is 0 Å². The molecule has 2 radical (unpaired) electrons. The second-order valence-corrected chi connectivity index (χ2v) is 14.1. The van der Waals surface area contributed by atoms with E-state index in [0.717, 1.165) is 25.7 Å². The molecule has 7 rings (SSSR count). The van der Waals surface area contributed by atoms with Crippen molar-refractivity contribution < 1.29 is 25.8 Å². The van der Waals surface area contributed by atoms with Gasteiger partial charge in [0.2, 0.25) is 0 Å². The molecule has 238 valence electrons. The molecule has 4 aromatic carbocycles. The van der Waals surface area contributed by atoms with E-state index in [1.165, 1.54) is 91.4 Å². The smallest absolute Gasteiger partial charge is 0.0377 e. The molecule has 0 nitrogen and oxygen atoms in total. The van der Waals surface area contributed by atoms with Gasteiger partial charge >= 0.3 is 0 Å². The van der Waals surface area contributed by atoms with Crippen LogP contribution in [-0.2, 0) is 25.8 Å². The van der Waals surface area contributed by atoms with Crippen LogP contribution in [0.15, 0.2) is 96.1 Å². The molecule has 46 heavy (non-hydrogen) atoms. The summed E-state index contributed by atoms with van der Waals surface area (Å²) in [6.07, 6.45) is 14.8. The van der Waals surface area contributed by atoms with Gasteiger partial charge in [0.15, 0.2) is 0 Å². The van der Waals surface area contributed by atoms with Crippen LogP contribution in [0.1, 0.15) is 113 Å². The zero-order valence-electron chi connectivity index (χ0n) is 28.7. The fourth-order valence-electron chi connectivity index (χ4n) is 7.38. The van der Waals surface area contributed by atoms with Crippen LogP contribution in [0.2, 0.25) is 12.1 Å². The Morgan fingerprint density at radius 3 is 1.87 bits per heavy atom. The summed E-state index contributed by atoms with van der Waals surface area (Å²) in [7, 11) is 1.31. The Labute approximate surface area is 301 Å². The van der Waals surface area contributed by atoms with Crippen LogP contribution in [0.25, 0.3) is 34.1 Å². The fraction of sp³-hybridized carbons (Fsp3) is 0.364. The number of hydrogen-bond acceptors (Lipinski definition) is 0. The summed E-state index contributed by atoms with van der Waals surface area (Å²) >= 11 is 0. The molecule has 2 unspecified atom stereocenters. The molecule has 4 aromatic rings. The normalized spacial score (nSPS) is 17.6. The first-order chi connectivity index (χ1) is 22.2. The van der Waals surface area contributed by atoms with Crippen molar-refractivity contribution in [1.29, 1.82) is 0 Å². The van der Waals surface area contributed by atoms with Gasteiger partial charge in [-0.05, 0) is 45.9 Å². The van der Waals surface area contributed by atoms with Gasteiger partial charge in [0.25, 0.3) is 0 Å². The maximum Gasteiger partial charge on any atom is 0.0377 e. The van der Waals surface area contributed by atoms with Gasteiger partial charge in [-0.1, -0.05) is 185 Å². The number of unbranched alkanes of at least 4 members (excludes halogenated alkanes) is 1. The maximum atomic E-state index is 3.60. The summed E-state index contributed by atoms with van der Waals surface area (Å²) in [5.41, 5.74) is 11.7. The van der Waals surface area contributed by atoms with Crippen LogP contribution >= 0.6 is 0 Å². The molecule has 2 heteroatoms. The first kappa shape index (κ1) is 36.5. The van der Waals surface area contributed by atoms with Crippen LogP contribution in [0.4, 0.5) is 0 Å². The number of hydrogen-bond donors (Lipinski definition) is 0. The minimum atomic E-state index is 0. The van der Waals surface area contributed by atoms with E-state index in [2.05, 4.69) is 132 Å². The van der Waals surface area contributed by atoms with Crippen molar-refractivity contribution in [2.24, 2.45) is 0 Å². The second-order valence-electron chi connectivity index (χ2n) is 12.6. The average Bonchev–Trinajstić information content (AvgIpc) is 3.88. The minimum absolute atomic E-state index is 0. The molecular weight excluding hydrogens is 735 g/mol. The molecule has 3 aliphatic rings. The molecule has 0 amide bonds. The zero-order chi connectivity index (χ0) is 31.6. The van der Waals surface area contributed by atoms with Crippen LogP contribution < -0.4 is 0 Å². The molecular formula is C44H52HfSi-2. The number of benzene rings is 4. The van der Waals surface area contributed by atoms with E-state index in [0.29, 0.717) is 11.8 Å². The molecule has 0 bridgehead atoms. The molecule has 2 atom stereocenters. The third-order valence-corrected chi connectivity index (χ3v) is 11.1.